The summed E-state index contributed by atoms with van der Waals surface area (Å²) in [5.41, 5.74) is 3.67. The van der Waals surface area contributed by atoms with Crippen molar-refractivity contribution in [3.05, 3.63) is 82.9 Å². The third-order valence-corrected chi connectivity index (χ3v) is 4.79. The van der Waals surface area contributed by atoms with E-state index in [1.54, 1.807) is 19.3 Å². The molecule has 1 atom stereocenters. The number of rotatable bonds is 8. The van der Waals surface area contributed by atoms with E-state index >= 15 is 0 Å². The molecule has 28 heavy (non-hydrogen) atoms. The van der Waals surface area contributed by atoms with Gasteiger partial charge in [0.15, 0.2) is 5.78 Å². The standard InChI is InChI=1S/C22H24N4O2/c1-15(17-8-4-3-5-9-17)19-11-18(12-20(26-19)22(28)23-2)21(27)10-6-7-16-13-24-25-14-16/h3-5,8-9,11-15H,6-7,10H2,1-2H3,(H,23,28)(H,24,25)/t15-/m0/s1. The molecule has 6 heteroatoms. The number of nitrogens with zero attached hydrogens (tertiary/aromatic N) is 2. The van der Waals surface area contributed by atoms with Gasteiger partial charge in [-0.3, -0.25) is 14.7 Å². The molecule has 1 aromatic carbocycles. The molecule has 0 saturated heterocycles. The Balaban J connectivity index is 1.82. The van der Waals surface area contributed by atoms with Crippen molar-refractivity contribution in [2.45, 2.75) is 32.1 Å². The minimum absolute atomic E-state index is 0.0116. The van der Waals surface area contributed by atoms with E-state index in [1.165, 1.54) is 0 Å². The molecule has 1 amide bonds. The fourth-order valence-corrected chi connectivity index (χ4v) is 3.10. The van der Waals surface area contributed by atoms with Crippen LogP contribution in [0.25, 0.3) is 0 Å². The van der Waals surface area contributed by atoms with E-state index in [2.05, 4.69) is 20.5 Å². The number of aromatic amines is 1. The quantitative estimate of drug-likeness (QED) is 0.589. The van der Waals surface area contributed by atoms with Crippen molar-refractivity contribution >= 4 is 11.7 Å². The minimum Gasteiger partial charge on any atom is -0.354 e. The number of H-pyrrole nitrogens is 1. The molecule has 0 bridgehead atoms. The number of aryl methyl sites for hydroxylation is 1. The number of aromatic nitrogens is 3. The van der Waals surface area contributed by atoms with E-state index in [0.29, 0.717) is 17.7 Å². The second-order valence-corrected chi connectivity index (χ2v) is 6.76. The van der Waals surface area contributed by atoms with Crippen LogP contribution in [0.1, 0.15) is 63.4 Å². The first-order valence-electron chi connectivity index (χ1n) is 9.38. The Kier molecular flexibility index (Phi) is 6.32. The van der Waals surface area contributed by atoms with E-state index in [0.717, 1.165) is 24.0 Å². The Bertz CT molecular complexity index is 936. The third-order valence-electron chi connectivity index (χ3n) is 4.79. The largest absolute Gasteiger partial charge is 0.354 e. The van der Waals surface area contributed by atoms with E-state index in [-0.39, 0.29) is 23.3 Å². The van der Waals surface area contributed by atoms with Crippen molar-refractivity contribution in [2.75, 3.05) is 7.05 Å². The first-order chi connectivity index (χ1) is 13.6. The summed E-state index contributed by atoms with van der Waals surface area (Å²) in [7, 11) is 1.56. The average molecular weight is 376 g/mol. The van der Waals surface area contributed by atoms with E-state index in [4.69, 9.17) is 0 Å². The molecule has 0 spiro atoms. The molecule has 0 radical (unpaired) electrons. The number of benzene rings is 1. The Labute approximate surface area is 164 Å². The molecule has 2 N–H and O–H groups in total. The van der Waals surface area contributed by atoms with Gasteiger partial charge < -0.3 is 5.32 Å². The predicted molar refractivity (Wildman–Crippen MR) is 107 cm³/mol. The maximum absolute atomic E-state index is 12.8. The van der Waals surface area contributed by atoms with Crippen LogP contribution in [0, 0.1) is 0 Å². The van der Waals surface area contributed by atoms with Crippen molar-refractivity contribution in [3.8, 4) is 0 Å². The lowest BCUT2D eigenvalue weighted by Gasteiger charge is -2.14. The van der Waals surface area contributed by atoms with Crippen LogP contribution in [0.5, 0.6) is 0 Å². The fourth-order valence-electron chi connectivity index (χ4n) is 3.10. The van der Waals surface area contributed by atoms with Gasteiger partial charge >= 0.3 is 0 Å². The van der Waals surface area contributed by atoms with Crippen LogP contribution in [0.2, 0.25) is 0 Å². The Morgan fingerprint density at radius 1 is 1.18 bits per heavy atom. The summed E-state index contributed by atoms with van der Waals surface area (Å²) in [6.45, 7) is 2.03. The molecule has 0 saturated carbocycles. The summed E-state index contributed by atoms with van der Waals surface area (Å²) in [5.74, 6) is -0.310. The zero-order chi connectivity index (χ0) is 19.9. The van der Waals surface area contributed by atoms with E-state index in [1.807, 2.05) is 49.5 Å². The topological polar surface area (TPSA) is 87.7 Å². The monoisotopic (exact) mass is 376 g/mol. The number of amides is 1. The van der Waals surface area contributed by atoms with Crippen molar-refractivity contribution < 1.29 is 9.59 Å². The van der Waals surface area contributed by atoms with Crippen molar-refractivity contribution in [2.24, 2.45) is 0 Å². The molecule has 3 rings (SSSR count). The Hall–Kier alpha value is -3.28. The highest BCUT2D eigenvalue weighted by Crippen LogP contribution is 2.24. The molecule has 2 aromatic heterocycles. The highest BCUT2D eigenvalue weighted by molar-refractivity contribution is 5.99. The zero-order valence-corrected chi connectivity index (χ0v) is 16.1. The summed E-state index contributed by atoms with van der Waals surface area (Å²) in [6, 6.07) is 13.3. The summed E-state index contributed by atoms with van der Waals surface area (Å²) >= 11 is 0. The van der Waals surface area contributed by atoms with Crippen molar-refractivity contribution in [1.82, 2.24) is 20.5 Å². The summed E-state index contributed by atoms with van der Waals surface area (Å²) in [5, 5.41) is 9.28. The first kappa shape index (κ1) is 19.5. The summed E-state index contributed by atoms with van der Waals surface area (Å²) in [4.78, 5) is 29.4. The summed E-state index contributed by atoms with van der Waals surface area (Å²) in [6.07, 6.45) is 5.50. The van der Waals surface area contributed by atoms with Crippen LogP contribution < -0.4 is 5.32 Å². The van der Waals surface area contributed by atoms with Crippen molar-refractivity contribution in [1.29, 1.82) is 0 Å². The molecular weight excluding hydrogens is 352 g/mol. The molecule has 0 unspecified atom stereocenters. The van der Waals surface area contributed by atoms with Gasteiger partial charge in [-0.25, -0.2) is 4.98 Å². The van der Waals surface area contributed by atoms with Crippen LogP contribution in [0.15, 0.2) is 54.9 Å². The number of ketones is 1. The smallest absolute Gasteiger partial charge is 0.269 e. The maximum atomic E-state index is 12.8. The molecule has 2 heterocycles. The minimum atomic E-state index is -0.297. The molecule has 0 aliphatic carbocycles. The lowest BCUT2D eigenvalue weighted by molar-refractivity contribution is 0.0958. The number of hydrogen-bond donors (Lipinski definition) is 2. The third kappa shape index (κ3) is 4.71. The van der Waals surface area contributed by atoms with Gasteiger partial charge in [0, 0.05) is 36.8 Å². The lowest BCUT2D eigenvalue weighted by Crippen LogP contribution is -2.21. The highest BCUT2D eigenvalue weighted by Gasteiger charge is 2.18. The van der Waals surface area contributed by atoms with Gasteiger partial charge in [0.1, 0.15) is 5.69 Å². The Morgan fingerprint density at radius 3 is 2.64 bits per heavy atom. The van der Waals surface area contributed by atoms with Crippen molar-refractivity contribution in [3.63, 3.8) is 0 Å². The predicted octanol–water partition coefficient (Wildman–Crippen LogP) is 3.52. The van der Waals surface area contributed by atoms with Crippen LogP contribution in [0.4, 0.5) is 0 Å². The van der Waals surface area contributed by atoms with E-state index in [9.17, 15) is 9.59 Å². The number of hydrogen-bond acceptors (Lipinski definition) is 4. The molecule has 144 valence electrons. The second kappa shape index (κ2) is 9.08. The molecule has 3 aromatic rings. The van der Waals surface area contributed by atoms with Crippen LogP contribution in [0.3, 0.4) is 0 Å². The number of carbonyl (C=O) groups is 2. The van der Waals surface area contributed by atoms with Crippen LogP contribution in [-0.2, 0) is 6.42 Å². The van der Waals surface area contributed by atoms with E-state index < -0.39 is 0 Å². The molecule has 0 aliphatic heterocycles. The van der Waals surface area contributed by atoms with Gasteiger partial charge in [-0.1, -0.05) is 37.3 Å². The van der Waals surface area contributed by atoms with Gasteiger partial charge in [-0.15, -0.1) is 0 Å². The van der Waals surface area contributed by atoms with Gasteiger partial charge in [0.2, 0.25) is 0 Å². The number of carbonyl (C=O) groups excluding carboxylic acids is 2. The van der Waals surface area contributed by atoms with Gasteiger partial charge in [-0.05, 0) is 36.1 Å². The number of Topliss-reactive ketones (excluding diaryl/α,β-unsaturated/α-hetero) is 1. The first-order valence-corrected chi connectivity index (χ1v) is 9.38. The SMILES string of the molecule is CNC(=O)c1cc(C(=O)CCCc2cn[nH]c2)cc([C@@H](C)c2ccccc2)n1. The average Bonchev–Trinajstić information content (AvgIpc) is 3.26. The fraction of sp³-hybridized carbons (Fsp3) is 0.273. The molecule has 0 fully saturated rings. The number of pyridine rings is 1. The molecule has 6 nitrogen and oxygen atoms in total. The highest BCUT2D eigenvalue weighted by atomic mass is 16.1. The second-order valence-electron chi connectivity index (χ2n) is 6.76. The van der Waals surface area contributed by atoms with Gasteiger partial charge in [-0.2, -0.15) is 5.10 Å². The van der Waals surface area contributed by atoms with Gasteiger partial charge in [0.05, 0.1) is 6.20 Å². The lowest BCUT2D eigenvalue weighted by atomic mass is 9.94. The van der Waals surface area contributed by atoms with Gasteiger partial charge in [0.25, 0.3) is 5.91 Å². The number of nitrogens with one attached hydrogen (secondary N) is 2. The maximum Gasteiger partial charge on any atom is 0.269 e. The van der Waals surface area contributed by atoms with Crippen LogP contribution >= 0.6 is 0 Å². The van der Waals surface area contributed by atoms with Crippen LogP contribution in [-0.4, -0.2) is 33.9 Å². The normalized spacial score (nSPS) is 11.8. The molecular formula is C22H24N4O2. The molecule has 0 aliphatic rings. The Morgan fingerprint density at radius 2 is 1.96 bits per heavy atom. The zero-order valence-electron chi connectivity index (χ0n) is 16.1. The summed E-state index contributed by atoms with van der Waals surface area (Å²) < 4.78 is 0.